The first-order chi connectivity index (χ1) is 9.86. The molecule has 0 radical (unpaired) electrons. The van der Waals surface area contributed by atoms with Crippen molar-refractivity contribution in [2.45, 2.75) is 6.61 Å². The van der Waals surface area contributed by atoms with Crippen molar-refractivity contribution in [3.8, 4) is 21.7 Å². The fourth-order valence-electron chi connectivity index (χ4n) is 1.72. The van der Waals surface area contributed by atoms with Crippen LogP contribution in [0.3, 0.4) is 0 Å². The second kappa shape index (κ2) is 5.87. The van der Waals surface area contributed by atoms with Crippen LogP contribution in [-0.4, -0.2) is 4.98 Å². The summed E-state index contributed by atoms with van der Waals surface area (Å²) in [6.45, 7) is 0.376. The number of thiazole rings is 1. The number of nitrogens with zero attached hydrogens (tertiary/aromatic N) is 2. The van der Waals surface area contributed by atoms with Crippen LogP contribution in [0.25, 0.3) is 9.88 Å². The van der Waals surface area contributed by atoms with E-state index in [-0.39, 0.29) is 0 Å². The van der Waals surface area contributed by atoms with Crippen LogP contribution in [0.15, 0.2) is 47.2 Å². The van der Waals surface area contributed by atoms with Crippen LogP contribution in [-0.2, 0) is 6.61 Å². The lowest BCUT2D eigenvalue weighted by Crippen LogP contribution is -1.97. The molecule has 0 saturated carbocycles. The van der Waals surface area contributed by atoms with Crippen LogP contribution in [0.1, 0.15) is 11.3 Å². The molecule has 2 aromatic heterocycles. The molecule has 0 aliphatic carbocycles. The summed E-state index contributed by atoms with van der Waals surface area (Å²) in [7, 11) is 0. The third-order valence-corrected chi connectivity index (χ3v) is 4.60. The number of para-hydroxylation sites is 1. The number of thiophene rings is 1. The van der Waals surface area contributed by atoms with Gasteiger partial charge in [-0.1, -0.05) is 18.2 Å². The summed E-state index contributed by atoms with van der Waals surface area (Å²) in [5.74, 6) is 0.598. The predicted molar refractivity (Wildman–Crippen MR) is 80.9 cm³/mol. The molecule has 0 saturated heterocycles. The molecule has 0 unspecified atom stereocenters. The molecule has 20 heavy (non-hydrogen) atoms. The summed E-state index contributed by atoms with van der Waals surface area (Å²) in [5.41, 5.74) is 1.42. The standard InChI is InChI=1S/C15H10N2OS2/c16-8-11-4-1-2-5-13(11)18-9-12-10-20-15(17-12)14-6-3-7-19-14/h1-7,10H,9H2. The fourth-order valence-corrected chi connectivity index (χ4v) is 3.34. The summed E-state index contributed by atoms with van der Waals surface area (Å²) in [5, 5.41) is 14.0. The van der Waals surface area contributed by atoms with Crippen LogP contribution in [0.5, 0.6) is 5.75 Å². The maximum atomic E-state index is 9.00. The molecule has 0 bridgehead atoms. The van der Waals surface area contributed by atoms with Crippen molar-refractivity contribution < 1.29 is 4.74 Å². The monoisotopic (exact) mass is 298 g/mol. The molecule has 0 atom stereocenters. The van der Waals surface area contributed by atoms with E-state index in [2.05, 4.69) is 17.1 Å². The summed E-state index contributed by atoms with van der Waals surface area (Å²) in [4.78, 5) is 5.71. The Bertz CT molecular complexity index is 741. The Hall–Kier alpha value is -2.16. The summed E-state index contributed by atoms with van der Waals surface area (Å²) in [6, 6.07) is 13.4. The van der Waals surface area contributed by atoms with E-state index >= 15 is 0 Å². The van der Waals surface area contributed by atoms with Crippen LogP contribution in [0.2, 0.25) is 0 Å². The molecular formula is C15H10N2OS2. The molecule has 3 aromatic rings. The van der Waals surface area contributed by atoms with Gasteiger partial charge >= 0.3 is 0 Å². The van der Waals surface area contributed by atoms with Crippen LogP contribution >= 0.6 is 22.7 Å². The number of nitriles is 1. The molecule has 3 rings (SSSR count). The van der Waals surface area contributed by atoms with E-state index < -0.39 is 0 Å². The molecular weight excluding hydrogens is 288 g/mol. The molecule has 0 aliphatic rings. The van der Waals surface area contributed by atoms with E-state index in [9.17, 15) is 0 Å². The lowest BCUT2D eigenvalue weighted by molar-refractivity contribution is 0.301. The van der Waals surface area contributed by atoms with E-state index in [0.29, 0.717) is 17.9 Å². The first kappa shape index (κ1) is 12.9. The van der Waals surface area contributed by atoms with Crippen LogP contribution < -0.4 is 4.74 Å². The van der Waals surface area contributed by atoms with Gasteiger partial charge in [0.2, 0.25) is 0 Å². The topological polar surface area (TPSA) is 45.9 Å². The highest BCUT2D eigenvalue weighted by Crippen LogP contribution is 2.28. The SMILES string of the molecule is N#Cc1ccccc1OCc1csc(-c2cccs2)n1. The second-order valence-corrected chi connectivity index (χ2v) is 5.82. The molecule has 0 fully saturated rings. The average Bonchev–Trinajstić information content (AvgIpc) is 3.16. The normalized spacial score (nSPS) is 10.2. The van der Waals surface area contributed by atoms with Crippen LogP contribution in [0, 0.1) is 11.3 Å². The minimum Gasteiger partial charge on any atom is -0.486 e. The van der Waals surface area contributed by atoms with Gasteiger partial charge < -0.3 is 4.74 Å². The lowest BCUT2D eigenvalue weighted by atomic mass is 10.2. The van der Waals surface area contributed by atoms with Gasteiger partial charge in [0.1, 0.15) is 23.4 Å². The van der Waals surface area contributed by atoms with E-state index in [1.165, 1.54) is 4.88 Å². The van der Waals surface area contributed by atoms with Gasteiger partial charge in [0.05, 0.1) is 16.1 Å². The number of hydrogen-bond acceptors (Lipinski definition) is 5. The number of rotatable bonds is 4. The van der Waals surface area contributed by atoms with Gasteiger partial charge in [-0.25, -0.2) is 4.98 Å². The van der Waals surface area contributed by atoms with Crippen molar-refractivity contribution in [2.24, 2.45) is 0 Å². The number of benzene rings is 1. The van der Waals surface area contributed by atoms with Gasteiger partial charge in [-0.05, 0) is 23.6 Å². The highest BCUT2D eigenvalue weighted by Gasteiger charge is 2.07. The molecule has 0 N–H and O–H groups in total. The smallest absolute Gasteiger partial charge is 0.137 e. The van der Waals surface area contributed by atoms with Crippen molar-refractivity contribution in [3.63, 3.8) is 0 Å². The fraction of sp³-hybridized carbons (Fsp3) is 0.0667. The van der Waals surface area contributed by atoms with Gasteiger partial charge in [-0.2, -0.15) is 5.26 Å². The van der Waals surface area contributed by atoms with E-state index in [0.717, 1.165) is 10.7 Å². The first-order valence-electron chi connectivity index (χ1n) is 5.97. The van der Waals surface area contributed by atoms with Gasteiger partial charge in [0.25, 0.3) is 0 Å². The third-order valence-electron chi connectivity index (χ3n) is 2.67. The Kier molecular flexibility index (Phi) is 3.77. The van der Waals surface area contributed by atoms with Crippen LogP contribution in [0.4, 0.5) is 0 Å². The van der Waals surface area contributed by atoms with Crippen molar-refractivity contribution >= 4 is 22.7 Å². The van der Waals surface area contributed by atoms with E-state index in [4.69, 9.17) is 10.00 Å². The van der Waals surface area contributed by atoms with Crippen molar-refractivity contribution in [2.75, 3.05) is 0 Å². The molecule has 3 nitrogen and oxygen atoms in total. The van der Waals surface area contributed by atoms with Gasteiger partial charge in [0.15, 0.2) is 0 Å². The Morgan fingerprint density at radius 1 is 1.15 bits per heavy atom. The quantitative estimate of drug-likeness (QED) is 0.720. The highest BCUT2D eigenvalue weighted by molar-refractivity contribution is 7.20. The Morgan fingerprint density at radius 3 is 2.85 bits per heavy atom. The number of hydrogen-bond donors (Lipinski definition) is 0. The van der Waals surface area contributed by atoms with Gasteiger partial charge in [0, 0.05) is 5.38 Å². The maximum absolute atomic E-state index is 9.00. The molecule has 2 heterocycles. The Labute approximate surface area is 124 Å². The lowest BCUT2D eigenvalue weighted by Gasteiger charge is -2.05. The van der Waals surface area contributed by atoms with Gasteiger partial charge in [-0.15, -0.1) is 22.7 Å². The zero-order chi connectivity index (χ0) is 13.8. The van der Waals surface area contributed by atoms with E-state index in [1.807, 2.05) is 29.0 Å². The first-order valence-corrected chi connectivity index (χ1v) is 7.73. The molecule has 0 aliphatic heterocycles. The minimum atomic E-state index is 0.376. The molecule has 0 amide bonds. The summed E-state index contributed by atoms with van der Waals surface area (Å²) >= 11 is 3.28. The van der Waals surface area contributed by atoms with E-state index in [1.54, 1.807) is 34.8 Å². The second-order valence-electron chi connectivity index (χ2n) is 4.02. The largest absolute Gasteiger partial charge is 0.486 e. The molecule has 98 valence electrons. The summed E-state index contributed by atoms with van der Waals surface area (Å²) in [6.07, 6.45) is 0. The zero-order valence-corrected chi connectivity index (χ0v) is 12.1. The predicted octanol–water partition coefficient (Wildman–Crippen LogP) is 4.32. The Balaban J connectivity index is 1.72. The number of aromatic nitrogens is 1. The molecule has 5 heteroatoms. The molecule has 1 aromatic carbocycles. The molecule has 0 spiro atoms. The van der Waals surface area contributed by atoms with Crippen molar-refractivity contribution in [3.05, 3.63) is 58.4 Å². The maximum Gasteiger partial charge on any atom is 0.137 e. The minimum absolute atomic E-state index is 0.376. The zero-order valence-electron chi connectivity index (χ0n) is 10.4. The highest BCUT2D eigenvalue weighted by atomic mass is 32.1. The summed E-state index contributed by atoms with van der Waals surface area (Å²) < 4.78 is 5.67. The Morgan fingerprint density at radius 2 is 2.05 bits per heavy atom. The number of ether oxygens (including phenoxy) is 1. The third kappa shape index (κ3) is 2.72. The van der Waals surface area contributed by atoms with Crippen molar-refractivity contribution in [1.82, 2.24) is 4.98 Å². The van der Waals surface area contributed by atoms with Gasteiger partial charge in [-0.3, -0.25) is 0 Å². The van der Waals surface area contributed by atoms with Crippen molar-refractivity contribution in [1.29, 1.82) is 5.26 Å². The average molecular weight is 298 g/mol.